The molecule has 0 aliphatic carbocycles. The standard InChI is InChI=1S/C17H16O3/c1-10-15-11-6-3-4-8-13(11)19-16(10)12-7-5-9-14(18-2)17(12)20-15/h3-10,15-16H,1-2H3/t10-,15+,16+/m0/s1. The van der Waals surface area contributed by atoms with Crippen LogP contribution in [0.15, 0.2) is 42.5 Å². The van der Waals surface area contributed by atoms with Gasteiger partial charge in [0.15, 0.2) is 11.5 Å². The molecule has 3 nitrogen and oxygen atoms in total. The number of rotatable bonds is 1. The van der Waals surface area contributed by atoms with E-state index >= 15 is 0 Å². The largest absolute Gasteiger partial charge is 0.493 e. The summed E-state index contributed by atoms with van der Waals surface area (Å²) >= 11 is 0. The number of para-hydroxylation sites is 2. The molecule has 3 atom stereocenters. The van der Waals surface area contributed by atoms with Gasteiger partial charge in [-0.15, -0.1) is 0 Å². The van der Waals surface area contributed by atoms with Crippen LogP contribution in [-0.4, -0.2) is 7.11 Å². The summed E-state index contributed by atoms with van der Waals surface area (Å²) in [5.41, 5.74) is 2.19. The molecule has 0 N–H and O–H groups in total. The van der Waals surface area contributed by atoms with Crippen molar-refractivity contribution < 1.29 is 14.2 Å². The van der Waals surface area contributed by atoms with Crippen molar-refractivity contribution in [3.8, 4) is 17.2 Å². The van der Waals surface area contributed by atoms with Gasteiger partial charge in [-0.1, -0.05) is 37.3 Å². The van der Waals surface area contributed by atoms with Crippen LogP contribution in [0.25, 0.3) is 0 Å². The minimum absolute atomic E-state index is 0.0220. The number of fused-ring (bicyclic) bond motifs is 6. The summed E-state index contributed by atoms with van der Waals surface area (Å²) in [6.07, 6.45) is 0.0440. The highest BCUT2D eigenvalue weighted by atomic mass is 16.5. The van der Waals surface area contributed by atoms with Crippen LogP contribution in [0.3, 0.4) is 0 Å². The predicted molar refractivity (Wildman–Crippen MR) is 75.3 cm³/mol. The molecular weight excluding hydrogens is 252 g/mol. The fourth-order valence-corrected chi connectivity index (χ4v) is 3.20. The van der Waals surface area contributed by atoms with Gasteiger partial charge >= 0.3 is 0 Å². The first-order valence-electron chi connectivity index (χ1n) is 6.88. The summed E-state index contributed by atoms with van der Waals surface area (Å²) in [6.45, 7) is 2.17. The van der Waals surface area contributed by atoms with Crippen molar-refractivity contribution in [1.82, 2.24) is 0 Å². The van der Waals surface area contributed by atoms with Crippen molar-refractivity contribution in [2.45, 2.75) is 19.1 Å². The molecule has 2 aromatic rings. The molecule has 2 aliphatic heterocycles. The Hall–Kier alpha value is -2.16. The molecule has 0 saturated carbocycles. The summed E-state index contributed by atoms with van der Waals surface area (Å²) < 4.78 is 17.9. The van der Waals surface area contributed by atoms with E-state index in [0.29, 0.717) is 0 Å². The molecule has 0 spiro atoms. The Morgan fingerprint density at radius 1 is 0.900 bits per heavy atom. The van der Waals surface area contributed by atoms with Gasteiger partial charge in [0.2, 0.25) is 0 Å². The second-order valence-corrected chi connectivity index (χ2v) is 5.35. The van der Waals surface area contributed by atoms with Gasteiger partial charge in [0.05, 0.1) is 7.11 Å². The fourth-order valence-electron chi connectivity index (χ4n) is 3.20. The Kier molecular flexibility index (Phi) is 2.43. The average Bonchev–Trinajstić information content (AvgIpc) is 2.48. The third-order valence-corrected chi connectivity index (χ3v) is 4.22. The molecule has 3 heteroatoms. The van der Waals surface area contributed by atoms with Crippen LogP contribution in [0.2, 0.25) is 0 Å². The van der Waals surface area contributed by atoms with Crippen molar-refractivity contribution >= 4 is 0 Å². The monoisotopic (exact) mass is 268 g/mol. The zero-order valence-corrected chi connectivity index (χ0v) is 11.5. The molecule has 2 aliphatic rings. The van der Waals surface area contributed by atoms with Crippen molar-refractivity contribution in [2.75, 3.05) is 7.11 Å². The number of benzene rings is 2. The summed E-state index contributed by atoms with van der Waals surface area (Å²) in [4.78, 5) is 0. The van der Waals surface area contributed by atoms with E-state index in [1.54, 1.807) is 7.11 Å². The van der Waals surface area contributed by atoms with E-state index in [-0.39, 0.29) is 18.1 Å². The molecule has 2 heterocycles. The zero-order valence-electron chi connectivity index (χ0n) is 11.5. The molecule has 2 aromatic carbocycles. The van der Waals surface area contributed by atoms with Crippen LogP contribution in [0.4, 0.5) is 0 Å². The van der Waals surface area contributed by atoms with Gasteiger partial charge < -0.3 is 14.2 Å². The van der Waals surface area contributed by atoms with Crippen LogP contribution in [0.5, 0.6) is 17.2 Å². The normalized spacial score (nSPS) is 25.8. The Bertz CT molecular complexity index is 665. The molecule has 4 rings (SSSR count). The maximum absolute atomic E-state index is 6.26. The summed E-state index contributed by atoms with van der Waals surface area (Å²) in [5, 5.41) is 0. The van der Waals surface area contributed by atoms with Gasteiger partial charge in [0, 0.05) is 17.0 Å². The number of ether oxygens (including phenoxy) is 3. The van der Waals surface area contributed by atoms with E-state index in [4.69, 9.17) is 14.2 Å². The summed E-state index contributed by atoms with van der Waals surface area (Å²) in [6, 6.07) is 14.1. The van der Waals surface area contributed by atoms with E-state index in [1.807, 2.05) is 30.3 Å². The predicted octanol–water partition coefficient (Wildman–Crippen LogP) is 3.90. The van der Waals surface area contributed by atoms with Crippen LogP contribution in [0.1, 0.15) is 30.3 Å². The topological polar surface area (TPSA) is 27.7 Å². The molecule has 0 saturated heterocycles. The Balaban J connectivity index is 1.89. The number of hydrogen-bond acceptors (Lipinski definition) is 3. The lowest BCUT2D eigenvalue weighted by atomic mass is 9.83. The Morgan fingerprint density at radius 3 is 2.50 bits per heavy atom. The summed E-state index contributed by atoms with van der Waals surface area (Å²) in [7, 11) is 1.67. The zero-order chi connectivity index (χ0) is 13.7. The molecule has 0 aromatic heterocycles. The van der Waals surface area contributed by atoms with Crippen LogP contribution in [0, 0.1) is 5.92 Å². The molecule has 0 unspecified atom stereocenters. The average molecular weight is 268 g/mol. The minimum atomic E-state index is 0.0220. The SMILES string of the molecule is COc1cccc2c1O[C@H]1c3ccccc3O[C@@H]2[C@H]1C. The van der Waals surface area contributed by atoms with Gasteiger partial charge in [-0.2, -0.15) is 0 Å². The van der Waals surface area contributed by atoms with Crippen molar-refractivity contribution in [2.24, 2.45) is 5.92 Å². The van der Waals surface area contributed by atoms with Gasteiger partial charge in [-0.25, -0.2) is 0 Å². The maximum atomic E-state index is 6.26. The second kappa shape index (κ2) is 4.17. The quantitative estimate of drug-likeness (QED) is 0.785. The number of hydrogen-bond donors (Lipinski definition) is 0. The highest BCUT2D eigenvalue weighted by Crippen LogP contribution is 2.54. The van der Waals surface area contributed by atoms with E-state index in [0.717, 1.165) is 28.4 Å². The molecule has 20 heavy (non-hydrogen) atoms. The van der Waals surface area contributed by atoms with E-state index in [9.17, 15) is 0 Å². The van der Waals surface area contributed by atoms with E-state index < -0.39 is 0 Å². The first-order chi connectivity index (χ1) is 9.79. The minimum Gasteiger partial charge on any atom is -0.493 e. The molecule has 0 radical (unpaired) electrons. The van der Waals surface area contributed by atoms with Crippen molar-refractivity contribution in [3.05, 3.63) is 53.6 Å². The molecule has 0 fully saturated rings. The van der Waals surface area contributed by atoms with Gasteiger partial charge in [0.1, 0.15) is 18.0 Å². The molecular formula is C17H16O3. The maximum Gasteiger partial charge on any atom is 0.169 e. The number of methoxy groups -OCH3 is 1. The van der Waals surface area contributed by atoms with E-state index in [2.05, 4.69) is 19.1 Å². The van der Waals surface area contributed by atoms with Crippen LogP contribution < -0.4 is 14.2 Å². The third kappa shape index (κ3) is 1.46. The Labute approximate surface area is 118 Å². The van der Waals surface area contributed by atoms with Crippen LogP contribution >= 0.6 is 0 Å². The Morgan fingerprint density at radius 2 is 1.65 bits per heavy atom. The molecule has 0 amide bonds. The van der Waals surface area contributed by atoms with Crippen molar-refractivity contribution in [3.63, 3.8) is 0 Å². The fraction of sp³-hybridized carbons (Fsp3) is 0.294. The highest BCUT2D eigenvalue weighted by Gasteiger charge is 2.43. The van der Waals surface area contributed by atoms with Crippen LogP contribution in [-0.2, 0) is 0 Å². The second-order valence-electron chi connectivity index (χ2n) is 5.35. The molecule has 102 valence electrons. The lowest BCUT2D eigenvalue weighted by Gasteiger charge is -2.43. The van der Waals surface area contributed by atoms with Gasteiger partial charge in [-0.3, -0.25) is 0 Å². The third-order valence-electron chi connectivity index (χ3n) is 4.22. The summed E-state index contributed by atoms with van der Waals surface area (Å²) in [5.74, 6) is 2.79. The smallest absolute Gasteiger partial charge is 0.169 e. The van der Waals surface area contributed by atoms with E-state index in [1.165, 1.54) is 0 Å². The van der Waals surface area contributed by atoms with Crippen molar-refractivity contribution in [1.29, 1.82) is 0 Å². The first kappa shape index (κ1) is 11.6. The van der Waals surface area contributed by atoms with Gasteiger partial charge in [0.25, 0.3) is 0 Å². The molecule has 2 bridgehead atoms. The highest BCUT2D eigenvalue weighted by molar-refractivity contribution is 5.52. The lowest BCUT2D eigenvalue weighted by molar-refractivity contribution is -0.00450. The van der Waals surface area contributed by atoms with Gasteiger partial charge in [-0.05, 0) is 12.1 Å². The lowest BCUT2D eigenvalue weighted by Crippen LogP contribution is -2.35. The first-order valence-corrected chi connectivity index (χ1v) is 6.88.